The first-order valence-electron chi connectivity index (χ1n) is 14.7. The average molecular weight is 589 g/mol. The summed E-state index contributed by atoms with van der Waals surface area (Å²) in [5, 5.41) is 6.81. The number of nitrogens with one attached hydrogen (secondary N) is 2. The van der Waals surface area contributed by atoms with Crippen LogP contribution in [0.25, 0.3) is 0 Å². The number of rotatable bonds is 9. The highest BCUT2D eigenvalue weighted by molar-refractivity contribution is 7.17. The highest BCUT2D eigenvalue weighted by atomic mass is 32.1. The average Bonchev–Trinajstić information content (AvgIpc) is 3.39. The van der Waals surface area contributed by atoms with Gasteiger partial charge in [0, 0.05) is 22.6 Å². The molecule has 0 fully saturated rings. The molecule has 2 heterocycles. The number of fused-ring (bicyclic) bond motifs is 2. The van der Waals surface area contributed by atoms with Crippen LogP contribution in [-0.4, -0.2) is 37.0 Å². The van der Waals surface area contributed by atoms with Gasteiger partial charge in [0.25, 0.3) is 0 Å². The molecule has 0 bridgehead atoms. The van der Waals surface area contributed by atoms with Gasteiger partial charge < -0.3 is 20.1 Å². The molecule has 0 saturated heterocycles. The second-order valence-corrected chi connectivity index (χ2v) is 12.5. The summed E-state index contributed by atoms with van der Waals surface area (Å²) in [6, 6.07) is 0. The number of carbonyl (C=O) groups excluding carboxylic acids is 4. The van der Waals surface area contributed by atoms with Gasteiger partial charge in [-0.1, -0.05) is 25.7 Å². The predicted octanol–water partition coefficient (Wildman–Crippen LogP) is 6.84. The first kappa shape index (κ1) is 30.2. The molecule has 0 spiro atoms. The number of hydrogen-bond donors (Lipinski definition) is 2. The van der Waals surface area contributed by atoms with Crippen LogP contribution in [0.4, 0.5) is 10.0 Å². The van der Waals surface area contributed by atoms with E-state index in [1.54, 1.807) is 13.8 Å². The molecule has 8 nitrogen and oxygen atoms in total. The van der Waals surface area contributed by atoms with Crippen LogP contribution in [0.1, 0.15) is 120 Å². The lowest BCUT2D eigenvalue weighted by Crippen LogP contribution is -2.19. The van der Waals surface area contributed by atoms with Crippen molar-refractivity contribution in [1.29, 1.82) is 0 Å². The topological polar surface area (TPSA) is 111 Å². The molecule has 4 rings (SSSR count). The maximum Gasteiger partial charge on any atom is 0.341 e. The van der Waals surface area contributed by atoms with Crippen LogP contribution in [0.3, 0.4) is 0 Å². The smallest absolute Gasteiger partial charge is 0.341 e. The number of anilines is 2. The quantitative estimate of drug-likeness (QED) is 0.310. The van der Waals surface area contributed by atoms with Crippen molar-refractivity contribution < 1.29 is 28.7 Å². The van der Waals surface area contributed by atoms with Crippen molar-refractivity contribution in [2.75, 3.05) is 23.8 Å². The summed E-state index contributed by atoms with van der Waals surface area (Å²) in [5.41, 5.74) is 2.93. The first-order chi connectivity index (χ1) is 19.4. The molecule has 2 amide bonds. The third kappa shape index (κ3) is 7.51. The molecule has 2 aromatic heterocycles. The Morgan fingerprint density at radius 2 is 0.975 bits per heavy atom. The van der Waals surface area contributed by atoms with Gasteiger partial charge in [-0.05, 0) is 76.3 Å². The third-order valence-corrected chi connectivity index (χ3v) is 9.80. The van der Waals surface area contributed by atoms with Crippen LogP contribution in [0.2, 0.25) is 0 Å². The zero-order chi connectivity index (χ0) is 28.5. The Balaban J connectivity index is 1.44. The summed E-state index contributed by atoms with van der Waals surface area (Å²) < 4.78 is 10.6. The van der Waals surface area contributed by atoms with Crippen LogP contribution >= 0.6 is 22.7 Å². The van der Waals surface area contributed by atoms with E-state index in [4.69, 9.17) is 9.47 Å². The summed E-state index contributed by atoms with van der Waals surface area (Å²) in [4.78, 5) is 53.8. The molecular weight excluding hydrogens is 548 g/mol. The summed E-state index contributed by atoms with van der Waals surface area (Å²) in [6.45, 7) is 4.06. The minimum absolute atomic E-state index is 0.0451. The Hall–Kier alpha value is -2.72. The van der Waals surface area contributed by atoms with Crippen LogP contribution in [0, 0.1) is 0 Å². The molecule has 0 saturated carbocycles. The summed E-state index contributed by atoms with van der Waals surface area (Å²) >= 11 is 2.90. The van der Waals surface area contributed by atoms with Gasteiger partial charge in [-0.25, -0.2) is 9.59 Å². The van der Waals surface area contributed by atoms with Crippen LogP contribution in [0.5, 0.6) is 0 Å². The van der Waals surface area contributed by atoms with Crippen molar-refractivity contribution in [3.05, 3.63) is 32.0 Å². The summed E-state index contributed by atoms with van der Waals surface area (Å²) in [6.07, 6.45) is 12.0. The lowest BCUT2D eigenvalue weighted by atomic mass is 9.96. The predicted molar refractivity (Wildman–Crippen MR) is 159 cm³/mol. The molecule has 2 aromatic rings. The molecule has 40 heavy (non-hydrogen) atoms. The van der Waals surface area contributed by atoms with Crippen molar-refractivity contribution in [3.63, 3.8) is 0 Å². The highest BCUT2D eigenvalue weighted by Gasteiger charge is 2.28. The van der Waals surface area contributed by atoms with Gasteiger partial charge in [-0.15, -0.1) is 22.7 Å². The highest BCUT2D eigenvalue weighted by Crippen LogP contribution is 2.39. The van der Waals surface area contributed by atoms with Crippen molar-refractivity contribution >= 4 is 56.4 Å². The van der Waals surface area contributed by atoms with Gasteiger partial charge >= 0.3 is 11.9 Å². The lowest BCUT2D eigenvalue weighted by molar-refractivity contribution is -0.121. The van der Waals surface area contributed by atoms with Gasteiger partial charge in [0.05, 0.1) is 24.3 Å². The van der Waals surface area contributed by atoms with Crippen molar-refractivity contribution in [3.8, 4) is 0 Å². The number of esters is 2. The molecule has 10 heteroatoms. The van der Waals surface area contributed by atoms with Crippen molar-refractivity contribution in [1.82, 2.24) is 0 Å². The van der Waals surface area contributed by atoms with Crippen LogP contribution in [-0.2, 0) is 44.7 Å². The van der Waals surface area contributed by atoms with E-state index in [1.807, 2.05) is 0 Å². The molecule has 218 valence electrons. The van der Waals surface area contributed by atoms with E-state index in [1.165, 1.54) is 22.7 Å². The molecular formula is C30H40N2O6S2. The minimum atomic E-state index is -0.409. The van der Waals surface area contributed by atoms with E-state index in [0.29, 0.717) is 21.1 Å². The van der Waals surface area contributed by atoms with E-state index in [2.05, 4.69) is 10.6 Å². The molecule has 0 atom stereocenters. The second-order valence-electron chi connectivity index (χ2n) is 10.3. The monoisotopic (exact) mass is 588 g/mol. The number of carbonyl (C=O) groups is 4. The van der Waals surface area contributed by atoms with E-state index < -0.39 is 11.9 Å². The van der Waals surface area contributed by atoms with E-state index in [-0.39, 0.29) is 37.9 Å². The molecule has 0 aliphatic heterocycles. The Morgan fingerprint density at radius 1 is 0.600 bits per heavy atom. The van der Waals surface area contributed by atoms with Gasteiger partial charge in [-0.2, -0.15) is 0 Å². The standard InChI is InChI=1S/C30H40N2O6S2/c1-3-37-29(35)25-19-13-9-5-7-11-15-21(19)39-27(25)31-23(33)17-18-24(34)32-28-26(30(36)38-4-2)20-14-10-6-8-12-16-22(20)40-28/h3-18H2,1-2H3,(H,31,33)(H,32,34). The number of thiophene rings is 2. The van der Waals surface area contributed by atoms with Crippen molar-refractivity contribution in [2.24, 2.45) is 0 Å². The van der Waals surface area contributed by atoms with Gasteiger partial charge in [-0.3, -0.25) is 9.59 Å². The third-order valence-electron chi connectivity index (χ3n) is 7.39. The zero-order valence-corrected chi connectivity index (χ0v) is 25.2. The number of amides is 2. The molecule has 2 aliphatic carbocycles. The van der Waals surface area contributed by atoms with Crippen molar-refractivity contribution in [2.45, 2.75) is 104 Å². The Labute approximate surface area is 244 Å². The lowest BCUT2D eigenvalue weighted by Gasteiger charge is -2.12. The Morgan fingerprint density at radius 3 is 1.35 bits per heavy atom. The molecule has 0 unspecified atom stereocenters. The maximum absolute atomic E-state index is 12.9. The molecule has 2 aliphatic rings. The Kier molecular flexibility index (Phi) is 11.2. The fourth-order valence-corrected chi connectivity index (χ4v) is 8.05. The molecule has 0 radical (unpaired) electrons. The summed E-state index contributed by atoms with van der Waals surface area (Å²) in [5.74, 6) is -1.49. The molecule has 0 aromatic carbocycles. The van der Waals surface area contributed by atoms with E-state index in [9.17, 15) is 19.2 Å². The first-order valence-corrected chi connectivity index (χ1v) is 16.3. The number of ether oxygens (including phenoxy) is 2. The Bertz CT molecular complexity index is 1140. The largest absolute Gasteiger partial charge is 0.462 e. The SMILES string of the molecule is CCOC(=O)c1c(NC(=O)CCC(=O)Nc2sc3c(c2C(=O)OCC)CCCCCC3)sc2c1CCCCCC2. The maximum atomic E-state index is 12.9. The van der Waals surface area contributed by atoms with Gasteiger partial charge in [0.15, 0.2) is 0 Å². The fourth-order valence-electron chi connectivity index (χ4n) is 5.46. The van der Waals surface area contributed by atoms with Gasteiger partial charge in [0.1, 0.15) is 10.0 Å². The van der Waals surface area contributed by atoms with Gasteiger partial charge in [0.2, 0.25) is 11.8 Å². The van der Waals surface area contributed by atoms with E-state index >= 15 is 0 Å². The zero-order valence-electron chi connectivity index (χ0n) is 23.6. The van der Waals surface area contributed by atoms with Crippen LogP contribution < -0.4 is 10.6 Å². The fraction of sp³-hybridized carbons (Fsp3) is 0.600. The minimum Gasteiger partial charge on any atom is -0.462 e. The number of aryl methyl sites for hydroxylation is 2. The normalized spacial score (nSPS) is 15.3. The number of hydrogen-bond acceptors (Lipinski definition) is 8. The van der Waals surface area contributed by atoms with Crippen LogP contribution in [0.15, 0.2) is 0 Å². The van der Waals surface area contributed by atoms with E-state index in [0.717, 1.165) is 97.9 Å². The molecule has 2 N–H and O–H groups in total. The second kappa shape index (κ2) is 14.8. The summed E-state index contributed by atoms with van der Waals surface area (Å²) in [7, 11) is 0.